The molecular weight excluding hydrogens is 236 g/mol. The van der Waals surface area contributed by atoms with E-state index in [4.69, 9.17) is 0 Å². The summed E-state index contributed by atoms with van der Waals surface area (Å²) in [4.78, 5) is 14.4. The standard InChI is InChI=1S/C16H30N2O/c1-3-17-14-8-10-15(11-9-14)18(2)16(19)12-13-6-4-5-7-13/h13-15,17H,3-12H2,1-2H3. The third-order valence-corrected chi connectivity index (χ3v) is 5.07. The second-order valence-corrected chi connectivity index (χ2v) is 6.42. The predicted octanol–water partition coefficient (Wildman–Crippen LogP) is 2.95. The molecule has 0 unspecified atom stereocenters. The van der Waals surface area contributed by atoms with Gasteiger partial charge in [0.05, 0.1) is 0 Å². The van der Waals surface area contributed by atoms with Gasteiger partial charge >= 0.3 is 0 Å². The Morgan fingerprint density at radius 2 is 1.74 bits per heavy atom. The van der Waals surface area contributed by atoms with Crippen LogP contribution in [0.1, 0.15) is 64.7 Å². The maximum Gasteiger partial charge on any atom is 0.222 e. The lowest BCUT2D eigenvalue weighted by molar-refractivity contribution is -0.133. The van der Waals surface area contributed by atoms with Crippen LogP contribution in [0.25, 0.3) is 0 Å². The smallest absolute Gasteiger partial charge is 0.222 e. The topological polar surface area (TPSA) is 32.3 Å². The molecular formula is C16H30N2O. The molecule has 110 valence electrons. The lowest BCUT2D eigenvalue weighted by Gasteiger charge is -2.35. The van der Waals surface area contributed by atoms with E-state index < -0.39 is 0 Å². The Balaban J connectivity index is 1.73. The maximum absolute atomic E-state index is 12.3. The van der Waals surface area contributed by atoms with E-state index in [0.717, 1.165) is 13.0 Å². The van der Waals surface area contributed by atoms with Gasteiger partial charge < -0.3 is 10.2 Å². The molecule has 0 aromatic carbocycles. The first-order valence-electron chi connectivity index (χ1n) is 8.19. The molecule has 2 aliphatic rings. The lowest BCUT2D eigenvalue weighted by atomic mass is 9.90. The molecule has 0 radical (unpaired) electrons. The molecule has 0 saturated heterocycles. The molecule has 1 N–H and O–H groups in total. The van der Waals surface area contributed by atoms with Crippen molar-refractivity contribution in [2.24, 2.45) is 5.92 Å². The van der Waals surface area contributed by atoms with Crippen molar-refractivity contribution in [2.45, 2.75) is 76.8 Å². The molecule has 2 rings (SSSR count). The number of carbonyl (C=O) groups is 1. The second kappa shape index (κ2) is 7.28. The summed E-state index contributed by atoms with van der Waals surface area (Å²) >= 11 is 0. The molecule has 0 aromatic heterocycles. The zero-order valence-electron chi connectivity index (χ0n) is 12.7. The Morgan fingerprint density at radius 1 is 1.11 bits per heavy atom. The average Bonchev–Trinajstić information content (AvgIpc) is 2.92. The Hall–Kier alpha value is -0.570. The summed E-state index contributed by atoms with van der Waals surface area (Å²) in [5, 5.41) is 3.53. The van der Waals surface area contributed by atoms with Crippen molar-refractivity contribution in [3.8, 4) is 0 Å². The van der Waals surface area contributed by atoms with Crippen LogP contribution in [0.5, 0.6) is 0 Å². The average molecular weight is 266 g/mol. The highest BCUT2D eigenvalue weighted by molar-refractivity contribution is 5.76. The molecule has 0 spiro atoms. The molecule has 1 amide bonds. The van der Waals surface area contributed by atoms with Crippen LogP contribution in [-0.2, 0) is 4.79 Å². The first-order valence-corrected chi connectivity index (χ1v) is 8.19. The van der Waals surface area contributed by atoms with Crippen molar-refractivity contribution in [3.63, 3.8) is 0 Å². The maximum atomic E-state index is 12.3. The predicted molar refractivity (Wildman–Crippen MR) is 79.1 cm³/mol. The summed E-state index contributed by atoms with van der Waals surface area (Å²) in [6.07, 6.45) is 10.8. The first kappa shape index (κ1) is 14.8. The third-order valence-electron chi connectivity index (χ3n) is 5.07. The zero-order chi connectivity index (χ0) is 13.7. The van der Waals surface area contributed by atoms with Crippen LogP contribution in [0.2, 0.25) is 0 Å². The van der Waals surface area contributed by atoms with Gasteiger partial charge in [0, 0.05) is 25.6 Å². The molecule has 0 heterocycles. The van der Waals surface area contributed by atoms with Gasteiger partial charge in [-0.25, -0.2) is 0 Å². The van der Waals surface area contributed by atoms with Crippen LogP contribution in [0.3, 0.4) is 0 Å². The molecule has 0 atom stereocenters. The first-order chi connectivity index (χ1) is 9.20. The van der Waals surface area contributed by atoms with E-state index >= 15 is 0 Å². The minimum atomic E-state index is 0.388. The van der Waals surface area contributed by atoms with Crippen LogP contribution in [-0.4, -0.2) is 36.5 Å². The summed E-state index contributed by atoms with van der Waals surface area (Å²) < 4.78 is 0. The van der Waals surface area contributed by atoms with Gasteiger partial charge in [0.1, 0.15) is 0 Å². The van der Waals surface area contributed by atoms with E-state index in [2.05, 4.69) is 17.1 Å². The molecule has 3 heteroatoms. The number of nitrogens with zero attached hydrogens (tertiary/aromatic N) is 1. The van der Waals surface area contributed by atoms with Crippen LogP contribution < -0.4 is 5.32 Å². The molecule has 0 aliphatic heterocycles. The molecule has 0 aromatic rings. The van der Waals surface area contributed by atoms with E-state index in [9.17, 15) is 4.79 Å². The summed E-state index contributed by atoms with van der Waals surface area (Å²) in [7, 11) is 2.02. The molecule has 2 saturated carbocycles. The Labute approximate surface area is 118 Å². The normalized spacial score (nSPS) is 28.5. The number of rotatable bonds is 5. The largest absolute Gasteiger partial charge is 0.343 e. The van der Waals surface area contributed by atoms with E-state index in [1.807, 2.05) is 7.05 Å². The van der Waals surface area contributed by atoms with Gasteiger partial charge in [0.25, 0.3) is 0 Å². The van der Waals surface area contributed by atoms with Crippen LogP contribution in [0.15, 0.2) is 0 Å². The zero-order valence-corrected chi connectivity index (χ0v) is 12.7. The Kier molecular flexibility index (Phi) is 5.68. The monoisotopic (exact) mass is 266 g/mol. The minimum Gasteiger partial charge on any atom is -0.343 e. The van der Waals surface area contributed by atoms with Gasteiger partial charge in [0.2, 0.25) is 5.91 Å². The van der Waals surface area contributed by atoms with Gasteiger partial charge in [-0.2, -0.15) is 0 Å². The fourth-order valence-corrected chi connectivity index (χ4v) is 3.76. The summed E-state index contributed by atoms with van der Waals surface area (Å²) in [5.41, 5.74) is 0. The van der Waals surface area contributed by atoms with Crippen LogP contribution in [0, 0.1) is 5.92 Å². The van der Waals surface area contributed by atoms with E-state index in [1.54, 1.807) is 0 Å². The molecule has 19 heavy (non-hydrogen) atoms. The summed E-state index contributed by atoms with van der Waals surface area (Å²) in [5.74, 6) is 1.06. The van der Waals surface area contributed by atoms with Crippen molar-refractivity contribution >= 4 is 5.91 Å². The number of amides is 1. The molecule has 2 fully saturated rings. The van der Waals surface area contributed by atoms with Gasteiger partial charge in [-0.3, -0.25) is 4.79 Å². The highest BCUT2D eigenvalue weighted by Crippen LogP contribution is 2.29. The molecule has 2 aliphatic carbocycles. The molecule has 0 bridgehead atoms. The van der Waals surface area contributed by atoms with Crippen LogP contribution >= 0.6 is 0 Å². The Bertz CT molecular complexity index is 278. The molecule has 3 nitrogen and oxygen atoms in total. The van der Waals surface area contributed by atoms with E-state index in [1.165, 1.54) is 51.4 Å². The highest BCUT2D eigenvalue weighted by Gasteiger charge is 2.27. The van der Waals surface area contributed by atoms with Gasteiger partial charge in [-0.15, -0.1) is 0 Å². The summed E-state index contributed by atoms with van der Waals surface area (Å²) in [6, 6.07) is 1.17. The number of nitrogens with one attached hydrogen (secondary N) is 1. The number of hydrogen-bond donors (Lipinski definition) is 1. The van der Waals surface area contributed by atoms with Gasteiger partial charge in [-0.1, -0.05) is 19.8 Å². The lowest BCUT2D eigenvalue weighted by Crippen LogP contribution is -2.43. The van der Waals surface area contributed by atoms with Crippen molar-refractivity contribution < 1.29 is 4.79 Å². The van der Waals surface area contributed by atoms with Crippen LogP contribution in [0.4, 0.5) is 0 Å². The van der Waals surface area contributed by atoms with Gasteiger partial charge in [-0.05, 0) is 51.0 Å². The number of hydrogen-bond acceptors (Lipinski definition) is 2. The van der Waals surface area contributed by atoms with E-state index in [-0.39, 0.29) is 0 Å². The summed E-state index contributed by atoms with van der Waals surface area (Å²) in [6.45, 7) is 3.23. The fourth-order valence-electron chi connectivity index (χ4n) is 3.76. The second-order valence-electron chi connectivity index (χ2n) is 6.42. The highest BCUT2D eigenvalue weighted by atomic mass is 16.2. The number of carbonyl (C=O) groups excluding carboxylic acids is 1. The van der Waals surface area contributed by atoms with Gasteiger partial charge in [0.15, 0.2) is 0 Å². The minimum absolute atomic E-state index is 0.388. The van der Waals surface area contributed by atoms with E-state index in [0.29, 0.717) is 23.9 Å². The van der Waals surface area contributed by atoms with Crippen molar-refractivity contribution in [1.29, 1.82) is 0 Å². The SMILES string of the molecule is CCNC1CCC(N(C)C(=O)CC2CCCC2)CC1. The van der Waals surface area contributed by atoms with Crippen molar-refractivity contribution in [2.75, 3.05) is 13.6 Å². The fraction of sp³-hybridized carbons (Fsp3) is 0.938. The Morgan fingerprint density at radius 3 is 2.32 bits per heavy atom. The quantitative estimate of drug-likeness (QED) is 0.830. The van der Waals surface area contributed by atoms with Crippen molar-refractivity contribution in [1.82, 2.24) is 10.2 Å². The van der Waals surface area contributed by atoms with Crippen molar-refractivity contribution in [3.05, 3.63) is 0 Å². The third kappa shape index (κ3) is 4.20.